The summed E-state index contributed by atoms with van der Waals surface area (Å²) in [4.78, 5) is 0. The summed E-state index contributed by atoms with van der Waals surface area (Å²) < 4.78 is 13.1. The number of rotatable bonds is 7. The van der Waals surface area contributed by atoms with Gasteiger partial charge in [0.1, 0.15) is 5.69 Å². The highest BCUT2D eigenvalue weighted by Crippen LogP contribution is 2.48. The molecule has 1 heterocycles. The molecule has 0 amide bonds. The molecule has 0 radical (unpaired) electrons. The van der Waals surface area contributed by atoms with Crippen LogP contribution in [0.2, 0.25) is 0 Å². The topological polar surface area (TPSA) is 49.2 Å². The van der Waals surface area contributed by atoms with Crippen LogP contribution >= 0.6 is 0 Å². The van der Waals surface area contributed by atoms with Gasteiger partial charge in [0, 0.05) is 19.8 Å². The van der Waals surface area contributed by atoms with E-state index in [1.54, 1.807) is 0 Å². The van der Waals surface area contributed by atoms with Crippen LogP contribution in [0, 0.1) is 17.8 Å². The molecular formula is C15H25N3O2. The van der Waals surface area contributed by atoms with E-state index in [2.05, 4.69) is 10.3 Å². The van der Waals surface area contributed by atoms with Gasteiger partial charge in [-0.2, -0.15) is 0 Å². The lowest BCUT2D eigenvalue weighted by atomic mass is 9.89. The van der Waals surface area contributed by atoms with E-state index in [0.717, 1.165) is 30.0 Å². The van der Waals surface area contributed by atoms with Gasteiger partial charge >= 0.3 is 0 Å². The molecule has 0 spiro atoms. The van der Waals surface area contributed by atoms with Crippen LogP contribution in [0.25, 0.3) is 0 Å². The molecule has 20 heavy (non-hydrogen) atoms. The van der Waals surface area contributed by atoms with Crippen LogP contribution in [0.5, 0.6) is 0 Å². The monoisotopic (exact) mass is 279 g/mol. The molecule has 0 aliphatic heterocycles. The van der Waals surface area contributed by atoms with Gasteiger partial charge < -0.3 is 9.47 Å². The molecule has 1 aromatic heterocycles. The lowest BCUT2D eigenvalue weighted by Gasteiger charge is -2.20. The molecule has 0 saturated heterocycles. The van der Waals surface area contributed by atoms with Crippen LogP contribution < -0.4 is 0 Å². The summed E-state index contributed by atoms with van der Waals surface area (Å²) >= 11 is 0. The predicted molar refractivity (Wildman–Crippen MR) is 75.0 cm³/mol. The Morgan fingerprint density at radius 2 is 2.05 bits per heavy atom. The minimum atomic E-state index is -0.376. The normalized spacial score (nSPS) is 28.6. The summed E-state index contributed by atoms with van der Waals surface area (Å²) in [5.41, 5.74) is 0.789. The fourth-order valence-electron chi connectivity index (χ4n) is 3.87. The highest BCUT2D eigenvalue weighted by atomic mass is 16.7. The molecule has 5 heteroatoms. The van der Waals surface area contributed by atoms with Crippen molar-refractivity contribution in [3.05, 3.63) is 11.9 Å². The molecule has 3 rings (SSSR count). The Kier molecular flexibility index (Phi) is 4.36. The third-order valence-electron chi connectivity index (χ3n) is 4.74. The molecule has 0 N–H and O–H groups in total. The fraction of sp³-hybridized carbons (Fsp3) is 0.867. The number of ether oxygens (including phenoxy) is 2. The molecule has 5 nitrogen and oxygen atoms in total. The number of hydrogen-bond acceptors (Lipinski definition) is 4. The van der Waals surface area contributed by atoms with E-state index >= 15 is 0 Å². The van der Waals surface area contributed by atoms with Crippen molar-refractivity contribution >= 4 is 0 Å². The lowest BCUT2D eigenvalue weighted by molar-refractivity contribution is -0.142. The molecule has 112 valence electrons. The molecule has 2 saturated carbocycles. The Bertz CT molecular complexity index is 429. The molecule has 1 aromatic rings. The van der Waals surface area contributed by atoms with Crippen molar-refractivity contribution in [1.29, 1.82) is 0 Å². The van der Waals surface area contributed by atoms with Gasteiger partial charge in [0.25, 0.3) is 0 Å². The summed E-state index contributed by atoms with van der Waals surface area (Å²) in [5.74, 6) is 2.69. The van der Waals surface area contributed by atoms with Gasteiger partial charge in [0.05, 0.1) is 6.20 Å². The van der Waals surface area contributed by atoms with Crippen molar-refractivity contribution in [3.63, 3.8) is 0 Å². The van der Waals surface area contributed by atoms with Gasteiger partial charge in [-0.15, -0.1) is 5.10 Å². The van der Waals surface area contributed by atoms with Gasteiger partial charge in [0.2, 0.25) is 6.29 Å². The third-order valence-corrected chi connectivity index (χ3v) is 4.74. The van der Waals surface area contributed by atoms with E-state index in [1.807, 2.05) is 24.7 Å². The SMILES string of the molecule is CCOC(OCC)c1cn(CC2CC3CCC2C3)nn1. The second kappa shape index (κ2) is 6.22. The van der Waals surface area contributed by atoms with Gasteiger partial charge in [-0.25, -0.2) is 0 Å². The Hall–Kier alpha value is -0.940. The zero-order valence-electron chi connectivity index (χ0n) is 12.5. The molecule has 2 bridgehead atoms. The average molecular weight is 279 g/mol. The van der Waals surface area contributed by atoms with Gasteiger partial charge in [0.15, 0.2) is 0 Å². The molecule has 2 aliphatic carbocycles. The highest BCUT2D eigenvalue weighted by Gasteiger charge is 2.39. The van der Waals surface area contributed by atoms with Crippen molar-refractivity contribution in [3.8, 4) is 0 Å². The van der Waals surface area contributed by atoms with Crippen molar-refractivity contribution in [2.75, 3.05) is 13.2 Å². The van der Waals surface area contributed by atoms with Crippen molar-refractivity contribution < 1.29 is 9.47 Å². The van der Waals surface area contributed by atoms with Gasteiger partial charge in [-0.3, -0.25) is 4.68 Å². The van der Waals surface area contributed by atoms with E-state index in [1.165, 1.54) is 25.7 Å². The molecule has 0 aromatic carbocycles. The maximum Gasteiger partial charge on any atom is 0.204 e. The molecular weight excluding hydrogens is 254 g/mol. The summed E-state index contributed by atoms with van der Waals surface area (Å²) in [6, 6.07) is 0. The zero-order valence-corrected chi connectivity index (χ0v) is 12.5. The van der Waals surface area contributed by atoms with E-state index in [-0.39, 0.29) is 6.29 Å². The van der Waals surface area contributed by atoms with Crippen LogP contribution in [0.3, 0.4) is 0 Å². The first-order chi connectivity index (χ1) is 9.80. The lowest BCUT2D eigenvalue weighted by Crippen LogP contribution is -2.17. The minimum Gasteiger partial charge on any atom is -0.347 e. The predicted octanol–water partition coefficient (Wildman–Crippen LogP) is 2.79. The van der Waals surface area contributed by atoms with E-state index < -0.39 is 0 Å². The van der Waals surface area contributed by atoms with Crippen LogP contribution in [-0.2, 0) is 16.0 Å². The third kappa shape index (κ3) is 2.88. The van der Waals surface area contributed by atoms with Gasteiger partial charge in [-0.1, -0.05) is 11.6 Å². The van der Waals surface area contributed by atoms with E-state index in [0.29, 0.717) is 13.2 Å². The zero-order chi connectivity index (χ0) is 13.9. The summed E-state index contributed by atoms with van der Waals surface area (Å²) in [7, 11) is 0. The molecule has 3 atom stereocenters. The second-order valence-electron chi connectivity index (χ2n) is 6.04. The average Bonchev–Trinajstić information content (AvgIpc) is 3.14. The van der Waals surface area contributed by atoms with Crippen molar-refractivity contribution in [1.82, 2.24) is 15.0 Å². The van der Waals surface area contributed by atoms with Crippen LogP contribution in [-0.4, -0.2) is 28.2 Å². The quantitative estimate of drug-likeness (QED) is 0.720. The summed E-state index contributed by atoms with van der Waals surface area (Å²) in [6.45, 7) is 6.16. The summed E-state index contributed by atoms with van der Waals surface area (Å²) in [5, 5.41) is 8.48. The number of hydrogen-bond donors (Lipinski definition) is 0. The first-order valence-electron chi connectivity index (χ1n) is 7.93. The maximum atomic E-state index is 5.56. The smallest absolute Gasteiger partial charge is 0.204 e. The Labute approximate surface area is 120 Å². The molecule has 3 unspecified atom stereocenters. The highest BCUT2D eigenvalue weighted by molar-refractivity contribution is 4.96. The van der Waals surface area contributed by atoms with Crippen LogP contribution in [0.1, 0.15) is 51.5 Å². The summed E-state index contributed by atoms with van der Waals surface area (Å²) in [6.07, 6.45) is 7.28. The Morgan fingerprint density at radius 3 is 2.65 bits per heavy atom. The van der Waals surface area contributed by atoms with Crippen molar-refractivity contribution in [2.45, 2.75) is 52.4 Å². The fourth-order valence-corrected chi connectivity index (χ4v) is 3.87. The largest absolute Gasteiger partial charge is 0.347 e. The number of fused-ring (bicyclic) bond motifs is 2. The first-order valence-corrected chi connectivity index (χ1v) is 7.93. The van der Waals surface area contributed by atoms with Gasteiger partial charge in [-0.05, 0) is 50.9 Å². The van der Waals surface area contributed by atoms with Crippen LogP contribution in [0.4, 0.5) is 0 Å². The first kappa shape index (κ1) is 14.0. The molecule has 2 aliphatic rings. The van der Waals surface area contributed by atoms with E-state index in [9.17, 15) is 0 Å². The standard InChI is InChI=1S/C15H25N3O2/c1-3-19-15(20-4-2)14-10-18(17-16-14)9-13-8-11-5-6-12(13)7-11/h10-13,15H,3-9H2,1-2H3. The number of nitrogens with zero attached hydrogens (tertiary/aromatic N) is 3. The van der Waals surface area contributed by atoms with Crippen molar-refractivity contribution in [2.24, 2.45) is 17.8 Å². The van der Waals surface area contributed by atoms with Crippen LogP contribution in [0.15, 0.2) is 6.20 Å². The number of aromatic nitrogens is 3. The van der Waals surface area contributed by atoms with E-state index in [4.69, 9.17) is 9.47 Å². The minimum absolute atomic E-state index is 0.376. The molecule has 2 fully saturated rings. The second-order valence-corrected chi connectivity index (χ2v) is 6.04. The Balaban J connectivity index is 1.61. The Morgan fingerprint density at radius 1 is 1.25 bits per heavy atom. The maximum absolute atomic E-state index is 5.56.